The van der Waals surface area contributed by atoms with Crippen molar-refractivity contribution in [2.24, 2.45) is 0 Å². The summed E-state index contributed by atoms with van der Waals surface area (Å²) in [6, 6.07) is 0. The lowest BCUT2D eigenvalue weighted by Gasteiger charge is -2.11. The van der Waals surface area contributed by atoms with Gasteiger partial charge in [-0.05, 0) is 6.92 Å². The van der Waals surface area contributed by atoms with Crippen LogP contribution in [0, 0.1) is 12.3 Å². The molecule has 0 amide bonds. The summed E-state index contributed by atoms with van der Waals surface area (Å²) >= 11 is 0. The molecule has 0 aliphatic heterocycles. The molecule has 2 rings (SSSR count). The fourth-order valence-corrected chi connectivity index (χ4v) is 1.57. The number of nitrogen functional groups attached to an aromatic ring is 1. The van der Waals surface area contributed by atoms with E-state index in [1.165, 1.54) is 6.33 Å². The van der Waals surface area contributed by atoms with Gasteiger partial charge in [0.05, 0.1) is 12.9 Å². The molecule has 2 aromatic heterocycles. The molecule has 0 saturated heterocycles. The van der Waals surface area contributed by atoms with Crippen LogP contribution in [-0.2, 0) is 11.3 Å². The first-order valence-corrected chi connectivity index (χ1v) is 5.25. The van der Waals surface area contributed by atoms with Crippen molar-refractivity contribution in [1.82, 2.24) is 19.5 Å². The molecule has 0 spiro atoms. The van der Waals surface area contributed by atoms with Gasteiger partial charge in [0.1, 0.15) is 17.9 Å². The van der Waals surface area contributed by atoms with Crippen molar-refractivity contribution in [2.75, 3.05) is 12.3 Å². The van der Waals surface area contributed by atoms with Crippen molar-refractivity contribution in [3.63, 3.8) is 0 Å². The number of ether oxygens (including phenoxy) is 1. The minimum absolute atomic E-state index is 0.298. The fourth-order valence-electron chi connectivity index (χ4n) is 1.57. The highest BCUT2D eigenvalue weighted by Crippen LogP contribution is 2.14. The van der Waals surface area contributed by atoms with Crippen LogP contribution in [0.15, 0.2) is 12.7 Å². The molecule has 0 fully saturated rings. The van der Waals surface area contributed by atoms with Crippen LogP contribution < -0.4 is 5.73 Å². The molecule has 2 N–H and O–H groups in total. The zero-order valence-electron chi connectivity index (χ0n) is 9.50. The van der Waals surface area contributed by atoms with E-state index in [2.05, 4.69) is 20.9 Å². The summed E-state index contributed by atoms with van der Waals surface area (Å²) in [7, 11) is 0. The maximum absolute atomic E-state index is 5.69. The number of nitrogens with two attached hydrogens (primary N) is 1. The van der Waals surface area contributed by atoms with E-state index in [1.807, 2.05) is 11.5 Å². The highest BCUT2D eigenvalue weighted by molar-refractivity contribution is 5.81. The van der Waals surface area contributed by atoms with Crippen LogP contribution in [-0.4, -0.2) is 32.2 Å². The summed E-state index contributed by atoms with van der Waals surface area (Å²) in [5, 5.41) is 0. The summed E-state index contributed by atoms with van der Waals surface area (Å²) in [5.74, 6) is 2.94. The van der Waals surface area contributed by atoms with Crippen molar-refractivity contribution in [1.29, 1.82) is 0 Å². The van der Waals surface area contributed by atoms with E-state index in [1.54, 1.807) is 6.33 Å². The SMILES string of the molecule is C#C[C@H](Cn1cnc2c(N)ncnc21)OCC. The Kier molecular flexibility index (Phi) is 3.21. The van der Waals surface area contributed by atoms with Gasteiger partial charge in [0, 0.05) is 6.61 Å². The van der Waals surface area contributed by atoms with Crippen molar-refractivity contribution < 1.29 is 4.74 Å². The van der Waals surface area contributed by atoms with Gasteiger partial charge in [0.15, 0.2) is 11.5 Å². The normalized spacial score (nSPS) is 12.5. The average molecular weight is 231 g/mol. The van der Waals surface area contributed by atoms with Gasteiger partial charge in [-0.2, -0.15) is 0 Å². The largest absolute Gasteiger partial charge is 0.382 e. The molecule has 2 aromatic rings. The lowest BCUT2D eigenvalue weighted by molar-refractivity contribution is 0.0913. The molecule has 0 aliphatic rings. The van der Waals surface area contributed by atoms with Gasteiger partial charge in [-0.15, -0.1) is 6.42 Å². The van der Waals surface area contributed by atoms with Gasteiger partial charge in [0.25, 0.3) is 0 Å². The van der Waals surface area contributed by atoms with Crippen LogP contribution in [0.25, 0.3) is 11.2 Å². The van der Waals surface area contributed by atoms with Crippen LogP contribution in [0.2, 0.25) is 0 Å². The summed E-state index contributed by atoms with van der Waals surface area (Å²) < 4.78 is 7.20. The Hall–Kier alpha value is -2.13. The number of fused-ring (bicyclic) bond motifs is 1. The topological polar surface area (TPSA) is 78.9 Å². The molecular formula is C11H13N5O. The quantitative estimate of drug-likeness (QED) is 0.773. The third-order valence-corrected chi connectivity index (χ3v) is 2.35. The zero-order valence-corrected chi connectivity index (χ0v) is 9.50. The maximum Gasteiger partial charge on any atom is 0.165 e. The van der Waals surface area contributed by atoms with Crippen molar-refractivity contribution >= 4 is 17.0 Å². The minimum atomic E-state index is -0.298. The first-order valence-electron chi connectivity index (χ1n) is 5.25. The molecule has 0 aromatic carbocycles. The van der Waals surface area contributed by atoms with Crippen molar-refractivity contribution in [3.05, 3.63) is 12.7 Å². The first-order chi connectivity index (χ1) is 8.26. The molecular weight excluding hydrogens is 218 g/mol. The summed E-state index contributed by atoms with van der Waals surface area (Å²) in [5.41, 5.74) is 6.94. The van der Waals surface area contributed by atoms with E-state index in [9.17, 15) is 0 Å². The zero-order chi connectivity index (χ0) is 12.3. The van der Waals surface area contributed by atoms with Crippen LogP contribution in [0.1, 0.15) is 6.92 Å². The van der Waals surface area contributed by atoms with Gasteiger partial charge in [-0.3, -0.25) is 0 Å². The summed E-state index contributed by atoms with van der Waals surface area (Å²) in [6.45, 7) is 2.96. The molecule has 0 saturated carbocycles. The third kappa shape index (κ3) is 2.19. The van der Waals surface area contributed by atoms with E-state index < -0.39 is 0 Å². The third-order valence-electron chi connectivity index (χ3n) is 2.35. The number of hydrogen-bond acceptors (Lipinski definition) is 5. The predicted octanol–water partition coefficient (Wildman–Crippen LogP) is 0.447. The molecule has 2 heterocycles. The van der Waals surface area contributed by atoms with Crippen LogP contribution in [0.4, 0.5) is 5.82 Å². The highest BCUT2D eigenvalue weighted by atomic mass is 16.5. The monoisotopic (exact) mass is 231 g/mol. The number of imidazole rings is 1. The molecule has 6 nitrogen and oxygen atoms in total. The van der Waals surface area contributed by atoms with Gasteiger partial charge in [-0.25, -0.2) is 15.0 Å². The smallest absolute Gasteiger partial charge is 0.165 e. The second-order valence-corrected chi connectivity index (χ2v) is 3.44. The highest BCUT2D eigenvalue weighted by Gasteiger charge is 2.11. The number of aromatic nitrogens is 4. The molecule has 0 unspecified atom stereocenters. The van der Waals surface area contributed by atoms with Crippen LogP contribution in [0.3, 0.4) is 0 Å². The Morgan fingerprint density at radius 3 is 3.06 bits per heavy atom. The van der Waals surface area contributed by atoms with E-state index >= 15 is 0 Å². The first kappa shape index (κ1) is 11.4. The Labute approximate surface area is 98.8 Å². The van der Waals surface area contributed by atoms with E-state index in [0.717, 1.165) is 0 Å². The molecule has 6 heteroatoms. The van der Waals surface area contributed by atoms with Gasteiger partial charge in [-0.1, -0.05) is 5.92 Å². The van der Waals surface area contributed by atoms with E-state index in [0.29, 0.717) is 30.1 Å². The van der Waals surface area contributed by atoms with E-state index in [-0.39, 0.29) is 6.10 Å². The van der Waals surface area contributed by atoms with Gasteiger partial charge >= 0.3 is 0 Å². The van der Waals surface area contributed by atoms with Crippen molar-refractivity contribution in [3.8, 4) is 12.3 Å². The molecule has 17 heavy (non-hydrogen) atoms. The van der Waals surface area contributed by atoms with Gasteiger partial charge < -0.3 is 15.0 Å². The fraction of sp³-hybridized carbons (Fsp3) is 0.364. The lowest BCUT2D eigenvalue weighted by atomic mass is 10.3. The summed E-state index contributed by atoms with van der Waals surface area (Å²) in [4.78, 5) is 12.2. The van der Waals surface area contributed by atoms with Crippen molar-refractivity contribution in [2.45, 2.75) is 19.6 Å². The second kappa shape index (κ2) is 4.80. The second-order valence-electron chi connectivity index (χ2n) is 3.44. The molecule has 0 bridgehead atoms. The number of anilines is 1. The number of nitrogens with zero attached hydrogens (tertiary/aromatic N) is 4. The average Bonchev–Trinajstić information content (AvgIpc) is 2.73. The Morgan fingerprint density at radius 1 is 1.53 bits per heavy atom. The minimum Gasteiger partial charge on any atom is -0.382 e. The molecule has 0 aliphatic carbocycles. The predicted molar refractivity (Wildman–Crippen MR) is 64.0 cm³/mol. The number of rotatable bonds is 4. The number of hydrogen-bond donors (Lipinski definition) is 1. The lowest BCUT2D eigenvalue weighted by Crippen LogP contribution is -2.18. The number of terminal acetylenes is 1. The molecule has 1 atom stereocenters. The molecule has 0 radical (unpaired) electrons. The van der Waals surface area contributed by atoms with Crippen LogP contribution >= 0.6 is 0 Å². The standard InChI is InChI=1S/C11H13N5O/c1-3-8(17-4-2)5-16-7-15-9-10(12)13-6-14-11(9)16/h1,6-8H,4-5H2,2H3,(H2,12,13,14)/t8-/m1/s1. The van der Waals surface area contributed by atoms with Gasteiger partial charge in [0.2, 0.25) is 0 Å². The maximum atomic E-state index is 5.69. The van der Waals surface area contributed by atoms with Crippen LogP contribution in [0.5, 0.6) is 0 Å². The Morgan fingerprint density at radius 2 is 2.35 bits per heavy atom. The Balaban J connectivity index is 2.31. The molecule has 88 valence electrons. The summed E-state index contributed by atoms with van der Waals surface area (Å²) in [6.07, 6.45) is 8.13. The Bertz CT molecular complexity index is 556. The van der Waals surface area contributed by atoms with E-state index in [4.69, 9.17) is 16.9 Å².